The lowest BCUT2D eigenvalue weighted by Gasteiger charge is -2.04. The number of nitrogens with zero attached hydrogens (tertiary/aromatic N) is 1. The van der Waals surface area contributed by atoms with Gasteiger partial charge in [-0.3, -0.25) is 10.1 Å². The van der Waals surface area contributed by atoms with Crippen LogP contribution >= 0.6 is 22.9 Å². The normalized spacial score (nSPS) is 10.5. The van der Waals surface area contributed by atoms with E-state index in [2.05, 4.69) is 10.3 Å². The Bertz CT molecular complexity index is 827. The molecule has 1 amide bonds. The number of carbonyl (C=O) groups is 1. The van der Waals surface area contributed by atoms with Crippen LogP contribution in [0.25, 0.3) is 0 Å². The molecular formula is C18H15ClN2OS. The van der Waals surface area contributed by atoms with Crippen molar-refractivity contribution in [2.75, 3.05) is 5.32 Å². The van der Waals surface area contributed by atoms with Crippen LogP contribution in [-0.2, 0) is 6.42 Å². The molecule has 3 aromatic rings. The molecule has 1 aromatic heterocycles. The fourth-order valence-electron chi connectivity index (χ4n) is 2.24. The van der Waals surface area contributed by atoms with Gasteiger partial charge in [-0.2, -0.15) is 0 Å². The van der Waals surface area contributed by atoms with E-state index >= 15 is 0 Å². The Kier molecular flexibility index (Phi) is 4.74. The van der Waals surface area contributed by atoms with E-state index in [1.807, 2.05) is 55.5 Å². The third-order valence-corrected chi connectivity index (χ3v) is 4.62. The molecule has 0 fully saturated rings. The number of thiazole rings is 1. The number of hydrogen-bond acceptors (Lipinski definition) is 3. The van der Waals surface area contributed by atoms with Gasteiger partial charge in [-0.25, -0.2) is 4.98 Å². The van der Waals surface area contributed by atoms with Crippen LogP contribution in [-0.4, -0.2) is 10.9 Å². The fourth-order valence-corrected chi connectivity index (χ4v) is 3.21. The summed E-state index contributed by atoms with van der Waals surface area (Å²) in [4.78, 5) is 17.7. The van der Waals surface area contributed by atoms with Crippen LogP contribution in [0.4, 0.5) is 5.13 Å². The molecule has 0 radical (unpaired) electrons. The van der Waals surface area contributed by atoms with Crippen molar-refractivity contribution < 1.29 is 4.79 Å². The number of amides is 1. The van der Waals surface area contributed by atoms with Gasteiger partial charge in [0.25, 0.3) is 5.91 Å². The number of carbonyl (C=O) groups excluding carboxylic acids is 1. The van der Waals surface area contributed by atoms with Gasteiger partial charge in [-0.05, 0) is 36.2 Å². The summed E-state index contributed by atoms with van der Waals surface area (Å²) in [5.41, 5.74) is 2.78. The number of hydrogen-bond donors (Lipinski definition) is 1. The largest absolute Gasteiger partial charge is 0.298 e. The molecule has 0 spiro atoms. The van der Waals surface area contributed by atoms with Crippen LogP contribution in [0, 0.1) is 6.92 Å². The molecule has 3 nitrogen and oxygen atoms in total. The lowest BCUT2D eigenvalue weighted by molar-refractivity contribution is 0.102. The highest BCUT2D eigenvalue weighted by Crippen LogP contribution is 2.22. The molecule has 0 aliphatic carbocycles. The number of nitrogens with one attached hydrogen (secondary N) is 1. The highest BCUT2D eigenvalue weighted by Gasteiger charge is 2.11. The number of aromatic nitrogens is 1. The standard InChI is InChI=1S/C18H15ClN2OS/c1-12-4-2-3-5-16(12)17(22)21-18-20-11-15(23-18)10-13-6-8-14(19)9-7-13/h2-9,11H,10H2,1H3,(H,20,21,22). The van der Waals surface area contributed by atoms with Crippen molar-refractivity contribution in [1.29, 1.82) is 0 Å². The minimum atomic E-state index is -0.129. The van der Waals surface area contributed by atoms with Crippen molar-refractivity contribution in [3.05, 3.63) is 81.3 Å². The van der Waals surface area contributed by atoms with Crippen molar-refractivity contribution >= 4 is 34.0 Å². The Hall–Kier alpha value is -2.17. The molecule has 1 heterocycles. The molecule has 0 saturated heterocycles. The molecule has 0 saturated carbocycles. The number of benzene rings is 2. The zero-order valence-electron chi connectivity index (χ0n) is 12.5. The van der Waals surface area contributed by atoms with Gasteiger partial charge in [0.2, 0.25) is 0 Å². The maximum absolute atomic E-state index is 12.3. The summed E-state index contributed by atoms with van der Waals surface area (Å²) in [6, 6.07) is 15.2. The zero-order valence-corrected chi connectivity index (χ0v) is 14.1. The van der Waals surface area contributed by atoms with Crippen molar-refractivity contribution in [2.24, 2.45) is 0 Å². The van der Waals surface area contributed by atoms with Gasteiger partial charge in [-0.1, -0.05) is 41.9 Å². The average Bonchev–Trinajstić information content (AvgIpc) is 2.97. The Morgan fingerprint density at radius 1 is 1.17 bits per heavy atom. The monoisotopic (exact) mass is 342 g/mol. The van der Waals surface area contributed by atoms with E-state index in [0.717, 1.165) is 27.4 Å². The van der Waals surface area contributed by atoms with Crippen molar-refractivity contribution in [2.45, 2.75) is 13.3 Å². The van der Waals surface area contributed by atoms with Gasteiger partial charge in [0, 0.05) is 28.1 Å². The highest BCUT2D eigenvalue weighted by atomic mass is 35.5. The van der Waals surface area contributed by atoms with Crippen molar-refractivity contribution in [1.82, 2.24) is 4.98 Å². The van der Waals surface area contributed by atoms with Crippen molar-refractivity contribution in [3.8, 4) is 0 Å². The van der Waals surface area contributed by atoms with Crippen LogP contribution in [0.1, 0.15) is 26.4 Å². The maximum Gasteiger partial charge on any atom is 0.257 e. The van der Waals surface area contributed by atoms with Crippen LogP contribution in [0.5, 0.6) is 0 Å². The zero-order chi connectivity index (χ0) is 16.2. The van der Waals surface area contributed by atoms with E-state index in [4.69, 9.17) is 11.6 Å². The minimum Gasteiger partial charge on any atom is -0.298 e. The lowest BCUT2D eigenvalue weighted by atomic mass is 10.1. The minimum absolute atomic E-state index is 0.129. The first-order valence-corrected chi connectivity index (χ1v) is 8.37. The van der Waals surface area contributed by atoms with Gasteiger partial charge >= 0.3 is 0 Å². The molecule has 116 valence electrons. The second kappa shape index (κ2) is 6.94. The Morgan fingerprint density at radius 2 is 1.91 bits per heavy atom. The summed E-state index contributed by atoms with van der Waals surface area (Å²) < 4.78 is 0. The summed E-state index contributed by atoms with van der Waals surface area (Å²) in [6.07, 6.45) is 2.57. The Balaban J connectivity index is 1.69. The molecule has 0 aliphatic heterocycles. The first kappa shape index (κ1) is 15.7. The van der Waals surface area contributed by atoms with Gasteiger partial charge in [0.15, 0.2) is 5.13 Å². The molecular weight excluding hydrogens is 328 g/mol. The summed E-state index contributed by atoms with van der Waals surface area (Å²) in [7, 11) is 0. The van der Waals surface area contributed by atoms with E-state index in [0.29, 0.717) is 10.7 Å². The number of halogens is 1. The van der Waals surface area contributed by atoms with Crippen LogP contribution in [0.3, 0.4) is 0 Å². The molecule has 2 aromatic carbocycles. The van der Waals surface area contributed by atoms with Gasteiger partial charge in [0.1, 0.15) is 0 Å². The van der Waals surface area contributed by atoms with Crippen LogP contribution in [0.15, 0.2) is 54.7 Å². The van der Waals surface area contributed by atoms with Crippen LogP contribution < -0.4 is 5.32 Å². The second-order valence-corrected chi connectivity index (χ2v) is 6.76. The predicted molar refractivity (Wildman–Crippen MR) is 95.5 cm³/mol. The Morgan fingerprint density at radius 3 is 2.65 bits per heavy atom. The summed E-state index contributed by atoms with van der Waals surface area (Å²) >= 11 is 7.37. The summed E-state index contributed by atoms with van der Waals surface area (Å²) in [5.74, 6) is -0.129. The fraction of sp³-hybridized carbons (Fsp3) is 0.111. The first-order chi connectivity index (χ1) is 11.1. The van der Waals surface area contributed by atoms with Gasteiger partial charge < -0.3 is 0 Å². The van der Waals surface area contributed by atoms with Gasteiger partial charge in [0.05, 0.1) is 0 Å². The number of aryl methyl sites for hydroxylation is 1. The number of anilines is 1. The number of rotatable bonds is 4. The van der Waals surface area contributed by atoms with E-state index in [1.165, 1.54) is 11.3 Å². The molecule has 0 unspecified atom stereocenters. The predicted octanol–water partition coefficient (Wildman–Crippen LogP) is 4.95. The highest BCUT2D eigenvalue weighted by molar-refractivity contribution is 7.15. The first-order valence-electron chi connectivity index (χ1n) is 7.18. The third kappa shape index (κ3) is 3.97. The topological polar surface area (TPSA) is 42.0 Å². The quantitative estimate of drug-likeness (QED) is 0.729. The molecule has 0 atom stereocenters. The van der Waals surface area contributed by atoms with E-state index in [1.54, 1.807) is 6.20 Å². The van der Waals surface area contributed by atoms with Crippen LogP contribution in [0.2, 0.25) is 5.02 Å². The second-order valence-electron chi connectivity index (χ2n) is 5.20. The van der Waals surface area contributed by atoms with Crippen molar-refractivity contribution in [3.63, 3.8) is 0 Å². The lowest BCUT2D eigenvalue weighted by Crippen LogP contribution is -2.12. The Labute approximate surface area is 144 Å². The molecule has 3 rings (SSSR count). The molecule has 0 aliphatic rings. The molecule has 23 heavy (non-hydrogen) atoms. The van der Waals surface area contributed by atoms with E-state index < -0.39 is 0 Å². The summed E-state index contributed by atoms with van der Waals surface area (Å²) in [5, 5.41) is 4.20. The average molecular weight is 343 g/mol. The maximum atomic E-state index is 12.3. The molecule has 5 heteroatoms. The van der Waals surface area contributed by atoms with Gasteiger partial charge in [-0.15, -0.1) is 11.3 Å². The summed E-state index contributed by atoms with van der Waals surface area (Å²) in [6.45, 7) is 1.92. The molecule has 0 bridgehead atoms. The third-order valence-electron chi connectivity index (χ3n) is 3.46. The van der Waals surface area contributed by atoms with E-state index in [-0.39, 0.29) is 5.91 Å². The molecule has 1 N–H and O–H groups in total. The SMILES string of the molecule is Cc1ccccc1C(=O)Nc1ncc(Cc2ccc(Cl)cc2)s1. The smallest absolute Gasteiger partial charge is 0.257 e. The van der Waals surface area contributed by atoms with E-state index in [9.17, 15) is 4.79 Å².